The molecule has 4 N–H and O–H groups in total. The molecule has 1 aromatic rings. The predicted molar refractivity (Wildman–Crippen MR) is 133 cm³/mol. The van der Waals surface area contributed by atoms with Crippen molar-refractivity contribution in [2.45, 2.75) is 46.2 Å². The fourth-order valence-electron chi connectivity index (χ4n) is 3.82. The lowest BCUT2D eigenvalue weighted by Crippen LogP contribution is -2.53. The highest BCUT2D eigenvalue weighted by atomic mass is 127. The molecule has 1 saturated heterocycles. The third-order valence-corrected chi connectivity index (χ3v) is 5.59. The third-order valence-electron chi connectivity index (χ3n) is 5.59. The fraction of sp³-hybridized carbons (Fsp3) is 0.636. The molecule has 1 unspecified atom stereocenters. The number of morpholine rings is 1. The summed E-state index contributed by atoms with van der Waals surface area (Å²) in [5, 5.41) is 6.89. The SMILES string of the molecule is CCNC(=NCc1ccc(C(N)=O)cc1)NCC(C(CC)CC)N1CCOCC1.I. The molecule has 7 nitrogen and oxygen atoms in total. The molecular weight excluding hydrogens is 493 g/mol. The number of ether oxygens (including phenoxy) is 1. The molecule has 1 atom stereocenters. The monoisotopic (exact) mass is 531 g/mol. The summed E-state index contributed by atoms with van der Waals surface area (Å²) in [4.78, 5) is 18.5. The van der Waals surface area contributed by atoms with Gasteiger partial charge in [-0.3, -0.25) is 9.69 Å². The Hall–Kier alpha value is -1.39. The van der Waals surface area contributed by atoms with Crippen LogP contribution in [0, 0.1) is 5.92 Å². The zero-order chi connectivity index (χ0) is 21.1. The maximum absolute atomic E-state index is 11.2. The Morgan fingerprint density at radius 2 is 1.77 bits per heavy atom. The molecule has 1 fully saturated rings. The highest BCUT2D eigenvalue weighted by Crippen LogP contribution is 2.19. The Balaban J connectivity index is 0.00000450. The molecule has 0 saturated carbocycles. The van der Waals surface area contributed by atoms with E-state index in [-0.39, 0.29) is 24.0 Å². The molecule has 1 amide bonds. The Kier molecular flexibility index (Phi) is 13.0. The number of guanidine groups is 1. The number of nitrogens with zero attached hydrogens (tertiary/aromatic N) is 2. The Labute approximate surface area is 198 Å². The van der Waals surface area contributed by atoms with Gasteiger partial charge in [-0.15, -0.1) is 24.0 Å². The van der Waals surface area contributed by atoms with Crippen LogP contribution in [0.3, 0.4) is 0 Å². The quantitative estimate of drug-likeness (QED) is 0.245. The van der Waals surface area contributed by atoms with Crippen LogP contribution in [0.5, 0.6) is 0 Å². The molecule has 1 heterocycles. The van der Waals surface area contributed by atoms with E-state index in [1.807, 2.05) is 12.1 Å². The molecule has 170 valence electrons. The van der Waals surface area contributed by atoms with Crippen LogP contribution in [0.25, 0.3) is 0 Å². The first-order chi connectivity index (χ1) is 14.1. The smallest absolute Gasteiger partial charge is 0.248 e. The summed E-state index contributed by atoms with van der Waals surface area (Å²) in [5.74, 6) is 1.05. The number of benzene rings is 1. The lowest BCUT2D eigenvalue weighted by molar-refractivity contribution is 0.00272. The molecule has 2 rings (SSSR count). The molecule has 8 heteroatoms. The maximum Gasteiger partial charge on any atom is 0.248 e. The molecule has 0 spiro atoms. The minimum atomic E-state index is -0.411. The average molecular weight is 531 g/mol. The van der Waals surface area contributed by atoms with E-state index in [0.717, 1.165) is 50.9 Å². The zero-order valence-electron chi connectivity index (χ0n) is 18.5. The molecule has 1 aromatic carbocycles. The van der Waals surface area contributed by atoms with E-state index >= 15 is 0 Å². The number of halogens is 1. The van der Waals surface area contributed by atoms with Crippen molar-refractivity contribution >= 4 is 35.8 Å². The summed E-state index contributed by atoms with van der Waals surface area (Å²) in [6.07, 6.45) is 2.33. The van der Waals surface area contributed by atoms with E-state index in [4.69, 9.17) is 15.5 Å². The zero-order valence-corrected chi connectivity index (χ0v) is 20.9. The summed E-state index contributed by atoms with van der Waals surface area (Å²) < 4.78 is 5.54. The standard InChI is InChI=1S/C22H37N5O2.HI/c1-4-18(5-2)20(27-11-13-29-14-12-27)16-26-22(24-6-3)25-15-17-7-9-19(10-8-17)21(23)28;/h7-10,18,20H,4-6,11-16H2,1-3H3,(H2,23,28)(H2,24,25,26);1H. The first-order valence-electron chi connectivity index (χ1n) is 10.8. The van der Waals surface area contributed by atoms with Gasteiger partial charge in [0.2, 0.25) is 5.91 Å². The van der Waals surface area contributed by atoms with Crippen molar-refractivity contribution in [3.05, 3.63) is 35.4 Å². The van der Waals surface area contributed by atoms with Gasteiger partial charge in [0, 0.05) is 37.8 Å². The number of hydrogen-bond acceptors (Lipinski definition) is 4. The van der Waals surface area contributed by atoms with E-state index in [1.165, 1.54) is 12.8 Å². The first-order valence-corrected chi connectivity index (χ1v) is 10.8. The molecule has 30 heavy (non-hydrogen) atoms. The van der Waals surface area contributed by atoms with Crippen molar-refractivity contribution in [3.8, 4) is 0 Å². The van der Waals surface area contributed by atoms with Gasteiger partial charge < -0.3 is 21.1 Å². The van der Waals surface area contributed by atoms with Crippen LogP contribution < -0.4 is 16.4 Å². The van der Waals surface area contributed by atoms with Crippen molar-refractivity contribution < 1.29 is 9.53 Å². The van der Waals surface area contributed by atoms with Gasteiger partial charge in [0.15, 0.2) is 5.96 Å². The number of rotatable bonds is 10. The van der Waals surface area contributed by atoms with E-state index in [0.29, 0.717) is 24.1 Å². The van der Waals surface area contributed by atoms with Crippen LogP contribution in [0.2, 0.25) is 0 Å². The normalized spacial score (nSPS) is 16.1. The van der Waals surface area contributed by atoms with Crippen molar-refractivity contribution in [2.75, 3.05) is 39.4 Å². The van der Waals surface area contributed by atoms with Crippen LogP contribution in [-0.2, 0) is 11.3 Å². The molecule has 0 aliphatic carbocycles. The summed E-state index contributed by atoms with van der Waals surface area (Å²) >= 11 is 0. The van der Waals surface area contributed by atoms with E-state index in [1.54, 1.807) is 12.1 Å². The van der Waals surface area contributed by atoms with Crippen molar-refractivity contribution in [3.63, 3.8) is 0 Å². The number of carbonyl (C=O) groups excluding carboxylic acids is 1. The molecular formula is C22H38IN5O2. The highest BCUT2D eigenvalue weighted by Gasteiger charge is 2.27. The van der Waals surface area contributed by atoms with Crippen molar-refractivity contribution in [1.82, 2.24) is 15.5 Å². The Morgan fingerprint density at radius 3 is 2.30 bits per heavy atom. The van der Waals surface area contributed by atoms with E-state index in [9.17, 15) is 4.79 Å². The van der Waals surface area contributed by atoms with E-state index in [2.05, 4.69) is 36.3 Å². The molecule has 0 aromatic heterocycles. The van der Waals surface area contributed by atoms with Gasteiger partial charge in [-0.1, -0.05) is 38.8 Å². The number of aliphatic imine (C=N–C) groups is 1. The fourth-order valence-corrected chi connectivity index (χ4v) is 3.82. The lowest BCUT2D eigenvalue weighted by Gasteiger charge is -2.39. The second kappa shape index (κ2) is 14.6. The number of carbonyl (C=O) groups is 1. The lowest BCUT2D eigenvalue weighted by atomic mass is 9.92. The van der Waals surface area contributed by atoms with Crippen LogP contribution in [-0.4, -0.2) is 62.2 Å². The summed E-state index contributed by atoms with van der Waals surface area (Å²) in [6.45, 7) is 12.4. The number of nitrogens with one attached hydrogen (secondary N) is 2. The molecule has 1 aliphatic rings. The van der Waals surface area contributed by atoms with Crippen molar-refractivity contribution in [1.29, 1.82) is 0 Å². The van der Waals surface area contributed by atoms with Crippen LogP contribution in [0.1, 0.15) is 49.5 Å². The van der Waals surface area contributed by atoms with Crippen LogP contribution in [0.4, 0.5) is 0 Å². The second-order valence-corrected chi connectivity index (χ2v) is 7.43. The van der Waals surface area contributed by atoms with Gasteiger partial charge in [0.1, 0.15) is 0 Å². The summed E-state index contributed by atoms with van der Waals surface area (Å²) in [7, 11) is 0. The third kappa shape index (κ3) is 8.39. The number of nitrogens with two attached hydrogens (primary N) is 1. The molecule has 0 bridgehead atoms. The van der Waals surface area contributed by atoms with Crippen LogP contribution >= 0.6 is 24.0 Å². The second-order valence-electron chi connectivity index (χ2n) is 7.43. The van der Waals surface area contributed by atoms with Gasteiger partial charge in [0.25, 0.3) is 0 Å². The first kappa shape index (κ1) is 26.6. The minimum Gasteiger partial charge on any atom is -0.379 e. The van der Waals surface area contributed by atoms with Gasteiger partial charge >= 0.3 is 0 Å². The van der Waals surface area contributed by atoms with Crippen LogP contribution in [0.15, 0.2) is 29.3 Å². The van der Waals surface area contributed by atoms with Gasteiger partial charge in [-0.05, 0) is 30.5 Å². The topological polar surface area (TPSA) is 92.0 Å². The van der Waals surface area contributed by atoms with Gasteiger partial charge in [-0.2, -0.15) is 0 Å². The van der Waals surface area contributed by atoms with Gasteiger partial charge in [0.05, 0.1) is 19.8 Å². The number of amides is 1. The minimum absolute atomic E-state index is 0. The average Bonchev–Trinajstić information content (AvgIpc) is 2.75. The van der Waals surface area contributed by atoms with Gasteiger partial charge in [-0.25, -0.2) is 4.99 Å². The molecule has 1 aliphatic heterocycles. The maximum atomic E-state index is 11.2. The number of hydrogen-bond donors (Lipinski definition) is 3. The molecule has 0 radical (unpaired) electrons. The van der Waals surface area contributed by atoms with E-state index < -0.39 is 5.91 Å². The summed E-state index contributed by atoms with van der Waals surface area (Å²) in [6, 6.07) is 7.75. The Morgan fingerprint density at radius 1 is 1.13 bits per heavy atom. The Bertz CT molecular complexity index is 643. The summed E-state index contributed by atoms with van der Waals surface area (Å²) in [5.41, 5.74) is 6.86. The van der Waals surface area contributed by atoms with Crippen molar-refractivity contribution in [2.24, 2.45) is 16.6 Å². The largest absolute Gasteiger partial charge is 0.379 e. The number of primary amides is 1. The predicted octanol–water partition coefficient (Wildman–Crippen LogP) is 2.60. The highest BCUT2D eigenvalue weighted by molar-refractivity contribution is 14.0.